The van der Waals surface area contributed by atoms with Crippen LogP contribution in [0.15, 0.2) is 24.3 Å². The monoisotopic (exact) mass is 280 g/mol. The zero-order valence-electron chi connectivity index (χ0n) is 7.25. The molecule has 0 saturated heterocycles. The number of hydrogen-bond acceptors (Lipinski definition) is 2. The third-order valence-corrected chi connectivity index (χ3v) is 1.07. The molecule has 1 aromatic rings. The molecule has 0 spiro atoms. The third-order valence-electron chi connectivity index (χ3n) is 1.07. The molecule has 0 atom stereocenters. The summed E-state index contributed by atoms with van der Waals surface area (Å²) >= 11 is 2.29. The van der Waals surface area contributed by atoms with E-state index < -0.39 is 0 Å². The predicted molar refractivity (Wildman–Crippen MR) is 59.2 cm³/mol. The molecule has 12 heavy (non-hydrogen) atoms. The number of ether oxygens (including phenoxy) is 1. The van der Waals surface area contributed by atoms with E-state index >= 15 is 0 Å². The Hall–Kier alpha value is -0.450. The van der Waals surface area contributed by atoms with E-state index in [-0.39, 0.29) is 5.75 Å². The highest BCUT2D eigenvalue weighted by Gasteiger charge is 1.87. The van der Waals surface area contributed by atoms with Crippen molar-refractivity contribution in [3.63, 3.8) is 0 Å². The molecule has 1 N–H and O–H groups in total. The van der Waals surface area contributed by atoms with E-state index in [0.717, 1.165) is 5.75 Å². The van der Waals surface area contributed by atoms with Crippen LogP contribution in [0.25, 0.3) is 0 Å². The van der Waals surface area contributed by atoms with Crippen molar-refractivity contribution in [2.45, 2.75) is 6.92 Å². The van der Waals surface area contributed by atoms with Gasteiger partial charge in [0.05, 0.1) is 7.11 Å². The van der Waals surface area contributed by atoms with Gasteiger partial charge in [-0.2, -0.15) is 0 Å². The summed E-state index contributed by atoms with van der Waals surface area (Å²) in [6, 6.07) is 6.57. The largest absolute Gasteiger partial charge is 0.508 e. The average molecular weight is 280 g/mol. The minimum Gasteiger partial charge on any atom is -0.508 e. The zero-order valence-corrected chi connectivity index (χ0v) is 9.41. The number of hydrogen-bond donors (Lipinski definition) is 1. The van der Waals surface area contributed by atoms with E-state index in [1.165, 1.54) is 4.43 Å². The Bertz CT molecular complexity index is 196. The molecular formula is C9H13IO2. The van der Waals surface area contributed by atoms with Gasteiger partial charge in [-0.25, -0.2) is 0 Å². The Kier molecular flexibility index (Phi) is 6.94. The minimum atomic E-state index is 0.260. The summed E-state index contributed by atoms with van der Waals surface area (Å²) in [6.07, 6.45) is 0. The lowest BCUT2D eigenvalue weighted by Crippen LogP contribution is -1.79. The van der Waals surface area contributed by atoms with Crippen LogP contribution in [0.4, 0.5) is 0 Å². The number of methoxy groups -OCH3 is 1. The van der Waals surface area contributed by atoms with Gasteiger partial charge in [-0.3, -0.25) is 0 Å². The van der Waals surface area contributed by atoms with Gasteiger partial charge in [0.1, 0.15) is 11.5 Å². The summed E-state index contributed by atoms with van der Waals surface area (Å²) in [6.45, 7) is 2.11. The van der Waals surface area contributed by atoms with Gasteiger partial charge in [0.15, 0.2) is 0 Å². The second-order valence-electron chi connectivity index (χ2n) is 1.97. The van der Waals surface area contributed by atoms with E-state index in [1.807, 2.05) is 0 Å². The molecule has 0 aliphatic rings. The SMILES string of the molecule is CCI.COc1ccc(O)cc1. The normalized spacial score (nSPS) is 8.25. The lowest BCUT2D eigenvalue weighted by Gasteiger charge is -1.96. The van der Waals surface area contributed by atoms with Crippen LogP contribution in [-0.2, 0) is 0 Å². The van der Waals surface area contributed by atoms with E-state index in [4.69, 9.17) is 9.84 Å². The molecule has 0 unspecified atom stereocenters. The highest BCUT2D eigenvalue weighted by atomic mass is 127. The average Bonchev–Trinajstić information content (AvgIpc) is 2.07. The molecule has 0 bridgehead atoms. The van der Waals surface area contributed by atoms with Crippen molar-refractivity contribution in [1.29, 1.82) is 0 Å². The summed E-state index contributed by atoms with van der Waals surface area (Å²) in [5, 5.41) is 8.80. The van der Waals surface area contributed by atoms with Gasteiger partial charge in [0.2, 0.25) is 0 Å². The molecule has 68 valence electrons. The summed E-state index contributed by atoms with van der Waals surface area (Å²) in [5.41, 5.74) is 0. The van der Waals surface area contributed by atoms with Crippen LogP contribution in [0.2, 0.25) is 0 Å². The maximum absolute atomic E-state index is 8.80. The topological polar surface area (TPSA) is 29.5 Å². The van der Waals surface area contributed by atoms with Crippen molar-refractivity contribution in [1.82, 2.24) is 0 Å². The maximum atomic E-state index is 8.80. The Morgan fingerprint density at radius 3 is 2.08 bits per heavy atom. The molecule has 0 fully saturated rings. The van der Waals surface area contributed by atoms with Crippen molar-refractivity contribution in [3.8, 4) is 11.5 Å². The van der Waals surface area contributed by atoms with E-state index in [0.29, 0.717) is 0 Å². The fourth-order valence-electron chi connectivity index (χ4n) is 0.582. The van der Waals surface area contributed by atoms with Crippen LogP contribution in [0.1, 0.15) is 6.92 Å². The lowest BCUT2D eigenvalue weighted by molar-refractivity contribution is 0.412. The quantitative estimate of drug-likeness (QED) is 0.633. The summed E-state index contributed by atoms with van der Waals surface area (Å²) in [7, 11) is 1.59. The van der Waals surface area contributed by atoms with Crippen LogP contribution in [0, 0.1) is 0 Å². The molecule has 3 heteroatoms. The van der Waals surface area contributed by atoms with Crippen LogP contribution in [0.3, 0.4) is 0 Å². The molecular weight excluding hydrogens is 267 g/mol. The smallest absolute Gasteiger partial charge is 0.119 e. The van der Waals surface area contributed by atoms with Gasteiger partial charge in [0.25, 0.3) is 0 Å². The number of aromatic hydroxyl groups is 1. The molecule has 0 radical (unpaired) electrons. The van der Waals surface area contributed by atoms with Gasteiger partial charge in [-0.15, -0.1) is 0 Å². The predicted octanol–water partition coefficient (Wildman–Crippen LogP) is 2.84. The first kappa shape index (κ1) is 11.6. The van der Waals surface area contributed by atoms with Gasteiger partial charge < -0.3 is 9.84 Å². The number of rotatable bonds is 1. The molecule has 2 nitrogen and oxygen atoms in total. The fourth-order valence-corrected chi connectivity index (χ4v) is 0.582. The fraction of sp³-hybridized carbons (Fsp3) is 0.333. The van der Waals surface area contributed by atoms with Gasteiger partial charge >= 0.3 is 0 Å². The second kappa shape index (κ2) is 7.21. The molecule has 0 aliphatic carbocycles. The number of phenols is 1. The second-order valence-corrected chi connectivity index (χ2v) is 3.49. The number of phenolic OH excluding ortho intramolecular Hbond substituents is 1. The van der Waals surface area contributed by atoms with Crippen LogP contribution < -0.4 is 4.74 Å². The van der Waals surface area contributed by atoms with Gasteiger partial charge in [0, 0.05) is 0 Å². The Morgan fingerprint density at radius 2 is 1.75 bits per heavy atom. The van der Waals surface area contributed by atoms with E-state index in [1.54, 1.807) is 31.4 Å². The first-order valence-electron chi connectivity index (χ1n) is 3.63. The lowest BCUT2D eigenvalue weighted by atomic mass is 10.3. The number of alkyl halides is 1. The molecule has 0 heterocycles. The number of halogens is 1. The maximum Gasteiger partial charge on any atom is 0.119 e. The molecule has 0 amide bonds. The Labute approximate surface area is 86.7 Å². The zero-order chi connectivity index (χ0) is 9.40. The van der Waals surface area contributed by atoms with Crippen LogP contribution in [-0.4, -0.2) is 16.6 Å². The van der Waals surface area contributed by atoms with E-state index in [2.05, 4.69) is 29.5 Å². The summed E-state index contributed by atoms with van der Waals surface area (Å²) in [4.78, 5) is 0. The third kappa shape index (κ3) is 5.23. The molecule has 0 aromatic heterocycles. The molecule has 0 aliphatic heterocycles. The first-order chi connectivity index (χ1) is 5.74. The van der Waals surface area contributed by atoms with Gasteiger partial charge in [-0.1, -0.05) is 29.5 Å². The first-order valence-corrected chi connectivity index (χ1v) is 5.16. The van der Waals surface area contributed by atoms with Gasteiger partial charge in [-0.05, 0) is 28.7 Å². The highest BCUT2D eigenvalue weighted by molar-refractivity contribution is 14.1. The molecule has 1 aromatic carbocycles. The summed E-state index contributed by atoms with van der Waals surface area (Å²) in [5.74, 6) is 1.02. The highest BCUT2D eigenvalue weighted by Crippen LogP contribution is 2.14. The van der Waals surface area contributed by atoms with Crippen molar-refractivity contribution < 1.29 is 9.84 Å². The summed E-state index contributed by atoms with van der Waals surface area (Å²) < 4.78 is 6.08. The van der Waals surface area contributed by atoms with Crippen molar-refractivity contribution >= 4 is 22.6 Å². The molecule has 1 rings (SSSR count). The van der Waals surface area contributed by atoms with Crippen LogP contribution in [0.5, 0.6) is 11.5 Å². The van der Waals surface area contributed by atoms with E-state index in [9.17, 15) is 0 Å². The Balaban J connectivity index is 0.000000354. The molecule has 0 saturated carbocycles. The number of benzene rings is 1. The minimum absolute atomic E-state index is 0.260. The van der Waals surface area contributed by atoms with Crippen molar-refractivity contribution in [2.24, 2.45) is 0 Å². The van der Waals surface area contributed by atoms with Crippen molar-refractivity contribution in [2.75, 3.05) is 11.5 Å². The standard InChI is InChI=1S/C7H8O2.C2H5I/c1-9-7-4-2-6(8)3-5-7;1-2-3/h2-5,8H,1H3;2H2,1H3. The van der Waals surface area contributed by atoms with Crippen molar-refractivity contribution in [3.05, 3.63) is 24.3 Å². The Morgan fingerprint density at radius 1 is 1.33 bits per heavy atom. The van der Waals surface area contributed by atoms with Crippen LogP contribution >= 0.6 is 22.6 Å².